The monoisotopic (exact) mass is 247 g/mol. The van der Waals surface area contributed by atoms with Crippen molar-refractivity contribution >= 4 is 22.8 Å². The number of aliphatic carboxylic acids is 1. The van der Waals surface area contributed by atoms with Gasteiger partial charge in [-0.25, -0.2) is 0 Å². The highest BCUT2D eigenvalue weighted by atomic mass is 16.4. The number of aromatic nitrogens is 2. The fourth-order valence-electron chi connectivity index (χ4n) is 1.65. The Labute approximate surface area is 103 Å². The van der Waals surface area contributed by atoms with Crippen LogP contribution in [0.1, 0.15) is 6.42 Å². The molecular formula is C12H13N3O3. The average Bonchev–Trinajstić information content (AvgIpc) is 2.72. The van der Waals surface area contributed by atoms with Gasteiger partial charge < -0.3 is 10.4 Å². The number of fused-ring (bicyclic) bond motifs is 1. The van der Waals surface area contributed by atoms with Gasteiger partial charge in [0.15, 0.2) is 0 Å². The van der Waals surface area contributed by atoms with E-state index in [1.807, 2.05) is 24.3 Å². The molecule has 1 amide bonds. The van der Waals surface area contributed by atoms with E-state index in [1.54, 1.807) is 10.9 Å². The number of amides is 1. The lowest BCUT2D eigenvalue weighted by Gasteiger charge is -2.04. The number of rotatable bonds is 5. The van der Waals surface area contributed by atoms with Crippen LogP contribution in [0, 0.1) is 0 Å². The molecule has 0 radical (unpaired) electrons. The van der Waals surface area contributed by atoms with Crippen molar-refractivity contribution in [3.63, 3.8) is 0 Å². The molecule has 0 spiro atoms. The molecule has 94 valence electrons. The molecule has 0 bridgehead atoms. The maximum atomic E-state index is 11.6. The number of nitrogens with one attached hydrogen (secondary N) is 1. The Bertz CT molecular complexity index is 577. The van der Waals surface area contributed by atoms with E-state index in [-0.39, 0.29) is 25.4 Å². The number of nitrogens with zero attached hydrogens (tertiary/aromatic N) is 2. The predicted octanol–water partition coefficient (Wildman–Crippen LogP) is 0.627. The Hall–Kier alpha value is -2.37. The smallest absolute Gasteiger partial charge is 0.305 e. The summed E-state index contributed by atoms with van der Waals surface area (Å²) in [7, 11) is 0. The van der Waals surface area contributed by atoms with E-state index in [0.29, 0.717) is 0 Å². The summed E-state index contributed by atoms with van der Waals surface area (Å²) in [6.07, 6.45) is 1.62. The van der Waals surface area contributed by atoms with Crippen LogP contribution in [0.15, 0.2) is 30.5 Å². The Balaban J connectivity index is 1.97. The minimum Gasteiger partial charge on any atom is -0.481 e. The van der Waals surface area contributed by atoms with E-state index in [2.05, 4.69) is 10.4 Å². The first kappa shape index (κ1) is 12.1. The molecule has 6 heteroatoms. The number of carboxylic acid groups (broad SMARTS) is 1. The standard InChI is InChI=1S/C12H13N3O3/c16-11(13-6-5-12(17)18)8-15-10-4-2-1-3-9(10)7-14-15/h1-4,7H,5-6,8H2,(H,13,16)(H,17,18). The maximum Gasteiger partial charge on any atom is 0.305 e. The van der Waals surface area contributed by atoms with Crippen molar-refractivity contribution in [3.05, 3.63) is 30.5 Å². The fraction of sp³-hybridized carbons (Fsp3) is 0.250. The number of para-hydroxylation sites is 1. The summed E-state index contributed by atoms with van der Waals surface area (Å²) in [5.41, 5.74) is 0.880. The van der Waals surface area contributed by atoms with Crippen molar-refractivity contribution in [3.8, 4) is 0 Å². The second-order valence-corrected chi connectivity index (χ2v) is 3.85. The molecule has 0 saturated heterocycles. The summed E-state index contributed by atoms with van der Waals surface area (Å²) in [5.74, 6) is -1.18. The number of carboxylic acids is 1. The molecule has 0 aliphatic rings. The molecular weight excluding hydrogens is 234 g/mol. The fourth-order valence-corrected chi connectivity index (χ4v) is 1.65. The average molecular weight is 247 g/mol. The Kier molecular flexibility index (Phi) is 3.57. The maximum absolute atomic E-state index is 11.6. The molecule has 0 saturated carbocycles. The Morgan fingerprint density at radius 3 is 2.89 bits per heavy atom. The van der Waals surface area contributed by atoms with Crippen molar-refractivity contribution in [2.75, 3.05) is 6.54 Å². The van der Waals surface area contributed by atoms with E-state index in [4.69, 9.17) is 5.11 Å². The molecule has 1 aromatic carbocycles. The van der Waals surface area contributed by atoms with Gasteiger partial charge in [-0.1, -0.05) is 18.2 Å². The van der Waals surface area contributed by atoms with Gasteiger partial charge >= 0.3 is 5.97 Å². The second-order valence-electron chi connectivity index (χ2n) is 3.85. The van der Waals surface area contributed by atoms with E-state index >= 15 is 0 Å². The molecule has 2 rings (SSSR count). The third-order valence-electron chi connectivity index (χ3n) is 2.51. The van der Waals surface area contributed by atoms with Gasteiger partial charge in [-0.15, -0.1) is 0 Å². The van der Waals surface area contributed by atoms with E-state index in [9.17, 15) is 9.59 Å². The highest BCUT2D eigenvalue weighted by Crippen LogP contribution is 2.11. The summed E-state index contributed by atoms with van der Waals surface area (Å²) in [5, 5.41) is 16.1. The van der Waals surface area contributed by atoms with Crippen molar-refractivity contribution in [2.24, 2.45) is 0 Å². The van der Waals surface area contributed by atoms with E-state index in [0.717, 1.165) is 10.9 Å². The van der Waals surface area contributed by atoms with Crippen LogP contribution in [-0.2, 0) is 16.1 Å². The highest BCUT2D eigenvalue weighted by Gasteiger charge is 2.07. The summed E-state index contributed by atoms with van der Waals surface area (Å²) in [6, 6.07) is 7.58. The second kappa shape index (κ2) is 5.31. The molecule has 1 aromatic heterocycles. The molecule has 2 N–H and O–H groups in total. The molecule has 2 aromatic rings. The van der Waals surface area contributed by atoms with Crippen LogP contribution in [0.5, 0.6) is 0 Å². The van der Waals surface area contributed by atoms with Crippen LogP contribution >= 0.6 is 0 Å². The zero-order valence-electron chi connectivity index (χ0n) is 9.67. The van der Waals surface area contributed by atoms with Gasteiger partial charge in [0.2, 0.25) is 5.91 Å². The van der Waals surface area contributed by atoms with Crippen LogP contribution in [0.4, 0.5) is 0 Å². The van der Waals surface area contributed by atoms with Crippen LogP contribution < -0.4 is 5.32 Å². The largest absolute Gasteiger partial charge is 0.481 e. The van der Waals surface area contributed by atoms with Gasteiger partial charge in [-0.2, -0.15) is 5.10 Å². The zero-order chi connectivity index (χ0) is 13.0. The van der Waals surface area contributed by atoms with Crippen molar-refractivity contribution in [2.45, 2.75) is 13.0 Å². The van der Waals surface area contributed by atoms with Crippen molar-refractivity contribution in [1.82, 2.24) is 15.1 Å². The number of benzene rings is 1. The summed E-state index contributed by atoms with van der Waals surface area (Å²) >= 11 is 0. The van der Waals surface area contributed by atoms with E-state index < -0.39 is 5.97 Å². The van der Waals surface area contributed by atoms with Crippen LogP contribution in [0.3, 0.4) is 0 Å². The minimum atomic E-state index is -0.931. The number of hydrogen-bond donors (Lipinski definition) is 2. The third kappa shape index (κ3) is 2.85. The van der Waals surface area contributed by atoms with E-state index in [1.165, 1.54) is 0 Å². The SMILES string of the molecule is O=C(O)CCNC(=O)Cn1ncc2ccccc21. The van der Waals surface area contributed by atoms with Gasteiger partial charge in [-0.3, -0.25) is 14.3 Å². The lowest BCUT2D eigenvalue weighted by molar-refractivity contribution is -0.136. The van der Waals surface area contributed by atoms with Crippen LogP contribution in [-0.4, -0.2) is 33.3 Å². The first-order valence-corrected chi connectivity index (χ1v) is 5.56. The zero-order valence-corrected chi connectivity index (χ0v) is 9.67. The summed E-state index contributed by atoms with van der Waals surface area (Å²) < 4.78 is 1.59. The molecule has 0 unspecified atom stereocenters. The first-order chi connectivity index (χ1) is 8.66. The van der Waals surface area contributed by atoms with Crippen LogP contribution in [0.25, 0.3) is 10.9 Å². The summed E-state index contributed by atoms with van der Waals surface area (Å²) in [4.78, 5) is 21.9. The quantitative estimate of drug-likeness (QED) is 0.811. The predicted molar refractivity (Wildman–Crippen MR) is 65.0 cm³/mol. The molecule has 0 fully saturated rings. The Morgan fingerprint density at radius 1 is 1.33 bits per heavy atom. The van der Waals surface area contributed by atoms with Crippen molar-refractivity contribution < 1.29 is 14.7 Å². The first-order valence-electron chi connectivity index (χ1n) is 5.56. The molecule has 18 heavy (non-hydrogen) atoms. The Morgan fingerprint density at radius 2 is 2.11 bits per heavy atom. The number of carbonyl (C=O) groups excluding carboxylic acids is 1. The molecule has 0 atom stereocenters. The van der Waals surface area contributed by atoms with Gasteiger partial charge in [0.1, 0.15) is 6.54 Å². The lowest BCUT2D eigenvalue weighted by Crippen LogP contribution is -2.29. The van der Waals surface area contributed by atoms with Crippen LogP contribution in [0.2, 0.25) is 0 Å². The number of carbonyl (C=O) groups is 2. The van der Waals surface area contributed by atoms with Gasteiger partial charge in [0, 0.05) is 11.9 Å². The normalized spacial score (nSPS) is 10.4. The van der Waals surface area contributed by atoms with Crippen molar-refractivity contribution in [1.29, 1.82) is 0 Å². The summed E-state index contributed by atoms with van der Waals surface area (Å²) in [6.45, 7) is 0.223. The molecule has 0 aliphatic heterocycles. The topological polar surface area (TPSA) is 84.2 Å². The minimum absolute atomic E-state index is 0.0778. The lowest BCUT2D eigenvalue weighted by atomic mass is 10.2. The third-order valence-corrected chi connectivity index (χ3v) is 2.51. The number of hydrogen-bond acceptors (Lipinski definition) is 3. The molecule has 6 nitrogen and oxygen atoms in total. The molecule has 0 aliphatic carbocycles. The highest BCUT2D eigenvalue weighted by molar-refractivity contribution is 5.82. The molecule has 1 heterocycles. The van der Waals surface area contributed by atoms with Gasteiger partial charge in [-0.05, 0) is 6.07 Å². The van der Waals surface area contributed by atoms with Gasteiger partial charge in [0.05, 0.1) is 18.1 Å². The van der Waals surface area contributed by atoms with Gasteiger partial charge in [0.25, 0.3) is 0 Å².